The molecule has 1 fully saturated rings. The molecule has 1 heterocycles. The van der Waals surface area contributed by atoms with Crippen molar-refractivity contribution in [2.45, 2.75) is 31.9 Å². The lowest BCUT2D eigenvalue weighted by molar-refractivity contribution is -0.0767. The molecule has 1 aliphatic heterocycles. The lowest BCUT2D eigenvalue weighted by Gasteiger charge is -2.45. The van der Waals surface area contributed by atoms with E-state index in [9.17, 15) is 9.50 Å². The molecular weight excluding hydrogens is 245 g/mol. The molecule has 0 bridgehead atoms. The van der Waals surface area contributed by atoms with Crippen molar-refractivity contribution in [2.75, 3.05) is 26.3 Å². The Hall–Kier alpha value is -0.970. The third kappa shape index (κ3) is 3.32. The van der Waals surface area contributed by atoms with Gasteiger partial charge in [0.25, 0.3) is 0 Å². The predicted molar refractivity (Wildman–Crippen MR) is 72.4 cm³/mol. The molecule has 0 aromatic heterocycles. The number of morpholine rings is 1. The monoisotopic (exact) mass is 267 g/mol. The summed E-state index contributed by atoms with van der Waals surface area (Å²) in [7, 11) is 0. The molecule has 2 rings (SSSR count). The molecule has 1 saturated heterocycles. The van der Waals surface area contributed by atoms with Crippen LogP contribution in [0.5, 0.6) is 0 Å². The van der Waals surface area contributed by atoms with Gasteiger partial charge in [-0.25, -0.2) is 4.39 Å². The van der Waals surface area contributed by atoms with Crippen LogP contribution in [0.25, 0.3) is 0 Å². The smallest absolute Gasteiger partial charge is 0.123 e. The SMILES string of the molecule is CC[C@@]1(C)COCCN1C[C@H](O)c1ccc(F)cc1. The fourth-order valence-electron chi connectivity index (χ4n) is 2.46. The van der Waals surface area contributed by atoms with Crippen molar-refractivity contribution in [3.63, 3.8) is 0 Å². The van der Waals surface area contributed by atoms with Gasteiger partial charge in [0.15, 0.2) is 0 Å². The minimum atomic E-state index is -0.593. The highest BCUT2D eigenvalue weighted by Gasteiger charge is 2.34. The summed E-state index contributed by atoms with van der Waals surface area (Å²) in [6.07, 6.45) is 0.382. The van der Waals surface area contributed by atoms with Crippen molar-refractivity contribution < 1.29 is 14.2 Å². The Kier molecular flexibility index (Phi) is 4.55. The first-order chi connectivity index (χ1) is 9.05. The number of rotatable bonds is 4. The van der Waals surface area contributed by atoms with Crippen molar-refractivity contribution in [2.24, 2.45) is 0 Å². The van der Waals surface area contributed by atoms with Gasteiger partial charge in [-0.1, -0.05) is 19.1 Å². The zero-order chi connectivity index (χ0) is 13.9. The number of aliphatic hydroxyl groups excluding tert-OH is 1. The number of ether oxygens (including phenoxy) is 1. The number of hydrogen-bond acceptors (Lipinski definition) is 3. The first-order valence-corrected chi connectivity index (χ1v) is 6.81. The van der Waals surface area contributed by atoms with Crippen molar-refractivity contribution in [1.82, 2.24) is 4.90 Å². The van der Waals surface area contributed by atoms with Crippen molar-refractivity contribution in [3.05, 3.63) is 35.6 Å². The van der Waals surface area contributed by atoms with Crippen LogP contribution in [-0.2, 0) is 4.74 Å². The first kappa shape index (κ1) is 14.4. The summed E-state index contributed by atoms with van der Waals surface area (Å²) in [4.78, 5) is 2.27. The van der Waals surface area contributed by atoms with Gasteiger partial charge < -0.3 is 9.84 Å². The lowest BCUT2D eigenvalue weighted by atomic mass is 9.95. The van der Waals surface area contributed by atoms with Gasteiger partial charge in [-0.2, -0.15) is 0 Å². The van der Waals surface area contributed by atoms with Crippen LogP contribution in [0.2, 0.25) is 0 Å². The van der Waals surface area contributed by atoms with Crippen LogP contribution in [0, 0.1) is 5.82 Å². The standard InChI is InChI=1S/C15H22FNO2/c1-3-15(2)11-19-9-8-17(15)10-14(18)12-4-6-13(16)7-5-12/h4-7,14,18H,3,8-11H2,1-2H3/t14-,15-/m0/s1. The van der Waals surface area contributed by atoms with Gasteiger partial charge in [0.2, 0.25) is 0 Å². The van der Waals surface area contributed by atoms with Crippen molar-refractivity contribution in [3.8, 4) is 0 Å². The van der Waals surface area contributed by atoms with Crippen LogP contribution < -0.4 is 0 Å². The van der Waals surface area contributed by atoms with E-state index in [1.807, 2.05) is 0 Å². The molecule has 0 unspecified atom stereocenters. The third-order valence-electron chi connectivity index (χ3n) is 4.09. The highest BCUT2D eigenvalue weighted by atomic mass is 19.1. The zero-order valence-corrected chi connectivity index (χ0v) is 11.6. The molecule has 0 radical (unpaired) electrons. The molecule has 4 heteroatoms. The van der Waals surface area contributed by atoms with E-state index in [1.54, 1.807) is 12.1 Å². The number of benzene rings is 1. The topological polar surface area (TPSA) is 32.7 Å². The van der Waals surface area contributed by atoms with Crippen LogP contribution in [0.1, 0.15) is 31.9 Å². The molecule has 1 aromatic rings. The van der Waals surface area contributed by atoms with E-state index < -0.39 is 6.10 Å². The fraction of sp³-hybridized carbons (Fsp3) is 0.600. The second-order valence-electron chi connectivity index (χ2n) is 5.42. The molecule has 19 heavy (non-hydrogen) atoms. The minimum Gasteiger partial charge on any atom is -0.387 e. The molecule has 0 aliphatic carbocycles. The number of halogens is 1. The van der Waals surface area contributed by atoms with E-state index in [4.69, 9.17) is 4.74 Å². The van der Waals surface area contributed by atoms with Crippen molar-refractivity contribution >= 4 is 0 Å². The quantitative estimate of drug-likeness (QED) is 0.909. The van der Waals surface area contributed by atoms with Gasteiger partial charge in [0.05, 0.1) is 19.3 Å². The third-order valence-corrected chi connectivity index (χ3v) is 4.09. The van der Waals surface area contributed by atoms with Crippen LogP contribution >= 0.6 is 0 Å². The minimum absolute atomic E-state index is 0.0285. The molecule has 1 aliphatic rings. The van der Waals surface area contributed by atoms with E-state index in [1.165, 1.54) is 12.1 Å². The van der Waals surface area contributed by atoms with E-state index >= 15 is 0 Å². The highest BCUT2D eigenvalue weighted by Crippen LogP contribution is 2.26. The Morgan fingerprint density at radius 3 is 2.74 bits per heavy atom. The Labute approximate surface area is 114 Å². The number of nitrogens with zero attached hydrogens (tertiary/aromatic N) is 1. The maximum Gasteiger partial charge on any atom is 0.123 e. The molecule has 2 atom stereocenters. The Morgan fingerprint density at radius 2 is 2.11 bits per heavy atom. The molecule has 0 spiro atoms. The number of β-amino-alcohol motifs (C(OH)–C–C–N with tert-alkyl or cyclic N) is 1. The van der Waals surface area contributed by atoms with Gasteiger partial charge in [-0.05, 0) is 31.0 Å². The second-order valence-corrected chi connectivity index (χ2v) is 5.42. The van der Waals surface area contributed by atoms with E-state index in [2.05, 4.69) is 18.7 Å². The first-order valence-electron chi connectivity index (χ1n) is 6.81. The fourth-order valence-corrected chi connectivity index (χ4v) is 2.46. The Bertz CT molecular complexity index is 409. The summed E-state index contributed by atoms with van der Waals surface area (Å²) >= 11 is 0. The predicted octanol–water partition coefficient (Wildman–Crippen LogP) is 2.36. The zero-order valence-electron chi connectivity index (χ0n) is 11.6. The molecule has 106 valence electrons. The second kappa shape index (κ2) is 5.99. The van der Waals surface area contributed by atoms with Crippen LogP contribution in [-0.4, -0.2) is 41.8 Å². The van der Waals surface area contributed by atoms with Crippen LogP contribution in [0.4, 0.5) is 4.39 Å². The maximum atomic E-state index is 12.9. The normalized spacial score (nSPS) is 26.3. The van der Waals surface area contributed by atoms with Crippen LogP contribution in [0.3, 0.4) is 0 Å². The summed E-state index contributed by atoms with van der Waals surface area (Å²) in [6.45, 7) is 7.06. The largest absolute Gasteiger partial charge is 0.387 e. The van der Waals surface area contributed by atoms with Gasteiger partial charge in [-0.3, -0.25) is 4.90 Å². The van der Waals surface area contributed by atoms with E-state index in [0.29, 0.717) is 19.8 Å². The molecule has 0 saturated carbocycles. The molecule has 0 amide bonds. The summed E-state index contributed by atoms with van der Waals surface area (Å²) in [5.41, 5.74) is 0.727. The van der Waals surface area contributed by atoms with Crippen molar-refractivity contribution in [1.29, 1.82) is 0 Å². The van der Waals surface area contributed by atoms with Gasteiger partial charge in [0, 0.05) is 18.6 Å². The van der Waals surface area contributed by atoms with E-state index in [0.717, 1.165) is 18.5 Å². The lowest BCUT2D eigenvalue weighted by Crippen LogP contribution is -2.55. The average molecular weight is 267 g/mol. The molecule has 1 N–H and O–H groups in total. The van der Waals surface area contributed by atoms with Gasteiger partial charge in [-0.15, -0.1) is 0 Å². The summed E-state index contributed by atoms with van der Waals surface area (Å²) in [6, 6.07) is 6.06. The van der Waals surface area contributed by atoms with Crippen LogP contribution in [0.15, 0.2) is 24.3 Å². The number of aliphatic hydroxyl groups is 1. The molecular formula is C15H22FNO2. The van der Waals surface area contributed by atoms with Gasteiger partial charge in [0.1, 0.15) is 5.82 Å². The van der Waals surface area contributed by atoms with Gasteiger partial charge >= 0.3 is 0 Å². The summed E-state index contributed by atoms with van der Waals surface area (Å²) in [5.74, 6) is -0.277. The summed E-state index contributed by atoms with van der Waals surface area (Å²) < 4.78 is 18.4. The summed E-state index contributed by atoms with van der Waals surface area (Å²) in [5, 5.41) is 10.3. The van der Waals surface area contributed by atoms with E-state index in [-0.39, 0.29) is 11.4 Å². The number of hydrogen-bond donors (Lipinski definition) is 1. The molecule has 1 aromatic carbocycles. The average Bonchev–Trinajstić information content (AvgIpc) is 2.42. The molecule has 3 nitrogen and oxygen atoms in total. The highest BCUT2D eigenvalue weighted by molar-refractivity contribution is 5.19. The Morgan fingerprint density at radius 1 is 1.42 bits per heavy atom. The maximum absolute atomic E-state index is 12.9. The Balaban J connectivity index is 2.04.